The molecule has 1 atom stereocenters. The number of aryl methyl sites for hydroxylation is 1. The number of amides is 1. The number of carbonyl (C=O) groups excluding carboxylic acids is 1. The Bertz CT molecular complexity index is 739. The summed E-state index contributed by atoms with van der Waals surface area (Å²) in [5, 5.41) is 3.09. The fourth-order valence-corrected chi connectivity index (χ4v) is 3.40. The van der Waals surface area contributed by atoms with E-state index in [2.05, 4.69) is 34.0 Å². The zero-order valence-corrected chi connectivity index (χ0v) is 15.9. The van der Waals surface area contributed by atoms with Crippen LogP contribution in [0.3, 0.4) is 0 Å². The molecule has 138 valence electrons. The molecule has 1 N–H and O–H groups in total. The van der Waals surface area contributed by atoms with Gasteiger partial charge in [0, 0.05) is 24.3 Å². The lowest BCUT2D eigenvalue weighted by atomic mass is 9.99. The lowest BCUT2D eigenvalue weighted by molar-refractivity contribution is 0.0920. The topological polar surface area (TPSA) is 58.1 Å². The van der Waals surface area contributed by atoms with Crippen molar-refractivity contribution in [3.05, 3.63) is 47.8 Å². The molecule has 2 heterocycles. The number of piperidine rings is 1. The van der Waals surface area contributed by atoms with E-state index < -0.39 is 0 Å². The molecule has 1 aliphatic rings. The number of likely N-dealkylation sites (tertiary alicyclic amines) is 1. The van der Waals surface area contributed by atoms with Crippen LogP contribution in [0.1, 0.15) is 42.7 Å². The van der Waals surface area contributed by atoms with Gasteiger partial charge in [-0.05, 0) is 45.7 Å². The summed E-state index contributed by atoms with van der Waals surface area (Å²) in [6.07, 6.45) is 4.12. The Morgan fingerprint density at radius 1 is 1.27 bits per heavy atom. The quantitative estimate of drug-likeness (QED) is 0.897. The molecule has 1 amide bonds. The van der Waals surface area contributed by atoms with Crippen molar-refractivity contribution in [3.8, 4) is 11.4 Å². The van der Waals surface area contributed by atoms with E-state index in [0.29, 0.717) is 17.1 Å². The van der Waals surface area contributed by atoms with Gasteiger partial charge in [-0.2, -0.15) is 0 Å². The van der Waals surface area contributed by atoms with Crippen LogP contribution in [0.4, 0.5) is 0 Å². The lowest BCUT2D eigenvalue weighted by Crippen LogP contribution is -2.44. The van der Waals surface area contributed by atoms with Gasteiger partial charge >= 0.3 is 0 Å². The standard InChI is InChI=1S/C21H28N4O/c1-15-9-11-25(12-10-15)14-16(2)23-21(26)19-13-22-20(24-17(19)3)18-7-5-4-6-8-18/h4-8,13,15-16H,9-12,14H2,1-3H3,(H,23,26). The van der Waals surface area contributed by atoms with Gasteiger partial charge in [-0.15, -0.1) is 0 Å². The smallest absolute Gasteiger partial charge is 0.254 e. The van der Waals surface area contributed by atoms with Gasteiger partial charge in [0.25, 0.3) is 5.91 Å². The summed E-state index contributed by atoms with van der Waals surface area (Å²) >= 11 is 0. The van der Waals surface area contributed by atoms with E-state index in [-0.39, 0.29) is 11.9 Å². The van der Waals surface area contributed by atoms with Gasteiger partial charge in [-0.25, -0.2) is 9.97 Å². The molecule has 5 heteroatoms. The summed E-state index contributed by atoms with van der Waals surface area (Å²) in [4.78, 5) is 23.9. The average molecular weight is 352 g/mol. The third-order valence-corrected chi connectivity index (χ3v) is 5.04. The van der Waals surface area contributed by atoms with Gasteiger partial charge in [0.05, 0.1) is 11.3 Å². The molecule has 0 spiro atoms. The molecular weight excluding hydrogens is 324 g/mol. The Labute approximate surface area is 155 Å². The van der Waals surface area contributed by atoms with Crippen LogP contribution in [0.15, 0.2) is 36.5 Å². The van der Waals surface area contributed by atoms with E-state index in [9.17, 15) is 4.79 Å². The van der Waals surface area contributed by atoms with Crippen LogP contribution in [0.2, 0.25) is 0 Å². The summed E-state index contributed by atoms with van der Waals surface area (Å²) < 4.78 is 0. The normalized spacial score (nSPS) is 17.0. The highest BCUT2D eigenvalue weighted by atomic mass is 16.1. The molecule has 1 saturated heterocycles. The first-order chi connectivity index (χ1) is 12.5. The molecule has 1 fully saturated rings. The molecule has 1 aliphatic heterocycles. The highest BCUT2D eigenvalue weighted by Gasteiger charge is 2.20. The Kier molecular flexibility index (Phi) is 5.99. The Morgan fingerprint density at radius 2 is 1.96 bits per heavy atom. The summed E-state index contributed by atoms with van der Waals surface area (Å²) in [6, 6.07) is 9.91. The van der Waals surface area contributed by atoms with Crippen molar-refractivity contribution in [2.24, 2.45) is 5.92 Å². The maximum Gasteiger partial charge on any atom is 0.254 e. The summed E-state index contributed by atoms with van der Waals surface area (Å²) in [5.41, 5.74) is 2.20. The number of benzene rings is 1. The van der Waals surface area contributed by atoms with E-state index in [1.165, 1.54) is 12.8 Å². The number of hydrogen-bond donors (Lipinski definition) is 1. The molecule has 26 heavy (non-hydrogen) atoms. The third kappa shape index (κ3) is 4.67. The van der Waals surface area contributed by atoms with Crippen molar-refractivity contribution in [1.82, 2.24) is 20.2 Å². The fourth-order valence-electron chi connectivity index (χ4n) is 3.40. The lowest BCUT2D eigenvalue weighted by Gasteiger charge is -2.32. The van der Waals surface area contributed by atoms with Crippen molar-refractivity contribution in [2.75, 3.05) is 19.6 Å². The molecule has 3 rings (SSSR count). The maximum atomic E-state index is 12.6. The van der Waals surface area contributed by atoms with Crippen molar-refractivity contribution < 1.29 is 4.79 Å². The van der Waals surface area contributed by atoms with E-state index in [1.54, 1.807) is 6.20 Å². The Hall–Kier alpha value is -2.27. The Balaban J connectivity index is 1.60. The van der Waals surface area contributed by atoms with Crippen LogP contribution < -0.4 is 5.32 Å². The molecule has 5 nitrogen and oxygen atoms in total. The summed E-state index contributed by atoms with van der Waals surface area (Å²) in [5.74, 6) is 1.37. The second kappa shape index (κ2) is 8.41. The van der Waals surface area contributed by atoms with Crippen molar-refractivity contribution in [2.45, 2.75) is 39.7 Å². The first-order valence-corrected chi connectivity index (χ1v) is 9.45. The number of hydrogen-bond acceptors (Lipinski definition) is 4. The second-order valence-corrected chi connectivity index (χ2v) is 7.42. The van der Waals surface area contributed by atoms with Gasteiger partial charge in [0.2, 0.25) is 0 Å². The summed E-state index contributed by atoms with van der Waals surface area (Å²) in [7, 11) is 0. The van der Waals surface area contributed by atoms with Gasteiger partial charge in [0.1, 0.15) is 0 Å². The van der Waals surface area contributed by atoms with Gasteiger partial charge in [-0.3, -0.25) is 4.79 Å². The predicted octanol–water partition coefficient (Wildman–Crippen LogP) is 3.30. The maximum absolute atomic E-state index is 12.6. The van der Waals surface area contributed by atoms with Crippen LogP contribution in [0.5, 0.6) is 0 Å². The molecule has 1 aromatic carbocycles. The number of rotatable bonds is 5. The van der Waals surface area contributed by atoms with E-state index in [4.69, 9.17) is 0 Å². The number of aromatic nitrogens is 2. The summed E-state index contributed by atoms with van der Waals surface area (Å²) in [6.45, 7) is 9.36. The molecule has 0 aliphatic carbocycles. The zero-order valence-electron chi connectivity index (χ0n) is 15.9. The highest BCUT2D eigenvalue weighted by molar-refractivity contribution is 5.95. The largest absolute Gasteiger partial charge is 0.348 e. The van der Waals surface area contributed by atoms with Crippen LogP contribution >= 0.6 is 0 Å². The third-order valence-electron chi connectivity index (χ3n) is 5.04. The molecule has 2 aromatic rings. The van der Waals surface area contributed by atoms with E-state index in [1.807, 2.05) is 37.3 Å². The van der Waals surface area contributed by atoms with Gasteiger partial charge in [-0.1, -0.05) is 37.3 Å². The van der Waals surface area contributed by atoms with Gasteiger partial charge < -0.3 is 10.2 Å². The molecule has 0 saturated carbocycles. The minimum Gasteiger partial charge on any atom is -0.348 e. The van der Waals surface area contributed by atoms with Gasteiger partial charge in [0.15, 0.2) is 5.82 Å². The van der Waals surface area contributed by atoms with Crippen LogP contribution in [0.25, 0.3) is 11.4 Å². The van der Waals surface area contributed by atoms with Crippen LogP contribution in [-0.4, -0.2) is 46.5 Å². The highest BCUT2D eigenvalue weighted by Crippen LogP contribution is 2.17. The molecule has 1 aromatic heterocycles. The van der Waals surface area contributed by atoms with Crippen LogP contribution in [0, 0.1) is 12.8 Å². The van der Waals surface area contributed by atoms with E-state index in [0.717, 1.165) is 31.1 Å². The minimum absolute atomic E-state index is 0.0972. The molecule has 0 bridgehead atoms. The fraction of sp³-hybridized carbons (Fsp3) is 0.476. The minimum atomic E-state index is -0.0972. The van der Waals surface area contributed by atoms with Crippen molar-refractivity contribution in [1.29, 1.82) is 0 Å². The van der Waals surface area contributed by atoms with Crippen molar-refractivity contribution in [3.63, 3.8) is 0 Å². The molecule has 0 radical (unpaired) electrons. The number of carbonyl (C=O) groups is 1. The SMILES string of the molecule is Cc1nc(-c2ccccc2)ncc1C(=O)NC(C)CN1CCC(C)CC1. The predicted molar refractivity (Wildman–Crippen MR) is 104 cm³/mol. The van der Waals surface area contributed by atoms with Crippen molar-refractivity contribution >= 4 is 5.91 Å². The average Bonchev–Trinajstić information content (AvgIpc) is 2.64. The first kappa shape index (κ1) is 18.5. The molecule has 1 unspecified atom stereocenters. The number of nitrogens with zero attached hydrogens (tertiary/aromatic N) is 3. The zero-order chi connectivity index (χ0) is 18.5. The number of nitrogens with one attached hydrogen (secondary N) is 1. The second-order valence-electron chi connectivity index (χ2n) is 7.42. The molecular formula is C21H28N4O. The monoisotopic (exact) mass is 352 g/mol. The Morgan fingerprint density at radius 3 is 2.62 bits per heavy atom. The van der Waals surface area contributed by atoms with E-state index >= 15 is 0 Å². The van der Waals surface area contributed by atoms with Crippen LogP contribution in [-0.2, 0) is 0 Å². The first-order valence-electron chi connectivity index (χ1n) is 9.45.